The van der Waals surface area contributed by atoms with E-state index in [0.29, 0.717) is 26.2 Å². The number of nitro groups is 1. The zero-order valence-electron chi connectivity index (χ0n) is 16.3. The number of benzene rings is 2. The average molecular weight is 445 g/mol. The minimum absolute atomic E-state index is 0.0672. The van der Waals surface area contributed by atoms with Crippen LogP contribution >= 0.6 is 11.3 Å². The lowest BCUT2D eigenvalue weighted by atomic mass is 10.1. The van der Waals surface area contributed by atoms with Gasteiger partial charge < -0.3 is 4.90 Å². The summed E-state index contributed by atoms with van der Waals surface area (Å²) in [6.07, 6.45) is 0. The number of aryl methyl sites for hydroxylation is 1. The summed E-state index contributed by atoms with van der Waals surface area (Å²) < 4.78 is 27.1. The van der Waals surface area contributed by atoms with Gasteiger partial charge >= 0.3 is 0 Å². The number of hydrogen-bond donors (Lipinski definition) is 0. The van der Waals surface area contributed by atoms with Crippen LogP contribution in [0.4, 0.5) is 10.8 Å². The highest BCUT2D eigenvalue weighted by molar-refractivity contribution is 7.89. The van der Waals surface area contributed by atoms with Crippen LogP contribution in [0.1, 0.15) is 5.56 Å². The van der Waals surface area contributed by atoms with Crippen LogP contribution in [0.2, 0.25) is 0 Å². The Morgan fingerprint density at radius 1 is 1.07 bits per heavy atom. The molecule has 1 aliphatic heterocycles. The number of anilines is 1. The number of hydrogen-bond acceptors (Lipinski definition) is 7. The van der Waals surface area contributed by atoms with E-state index in [-0.39, 0.29) is 10.6 Å². The summed E-state index contributed by atoms with van der Waals surface area (Å²) in [5, 5.41) is 13.7. The normalized spacial score (nSPS) is 15.3. The molecule has 156 valence electrons. The average Bonchev–Trinajstić information content (AvgIpc) is 3.24. The fraction of sp³-hybridized carbons (Fsp3) is 0.250. The molecule has 0 N–H and O–H groups in total. The van der Waals surface area contributed by atoms with E-state index in [4.69, 9.17) is 4.98 Å². The molecule has 4 rings (SSSR count). The Morgan fingerprint density at radius 3 is 2.40 bits per heavy atom. The van der Waals surface area contributed by atoms with Gasteiger partial charge in [-0.2, -0.15) is 4.31 Å². The van der Waals surface area contributed by atoms with E-state index < -0.39 is 14.9 Å². The number of aromatic nitrogens is 1. The molecule has 8 nitrogen and oxygen atoms in total. The summed E-state index contributed by atoms with van der Waals surface area (Å²) in [6, 6.07) is 13.2. The molecule has 3 aromatic rings. The van der Waals surface area contributed by atoms with Crippen LogP contribution in [-0.4, -0.2) is 48.8 Å². The van der Waals surface area contributed by atoms with Gasteiger partial charge in [-0.1, -0.05) is 23.8 Å². The van der Waals surface area contributed by atoms with Gasteiger partial charge in [-0.05, 0) is 25.1 Å². The van der Waals surface area contributed by atoms with Crippen molar-refractivity contribution >= 4 is 32.2 Å². The van der Waals surface area contributed by atoms with Crippen LogP contribution in [0.5, 0.6) is 0 Å². The molecule has 0 aliphatic carbocycles. The molecular weight excluding hydrogens is 424 g/mol. The molecule has 1 fully saturated rings. The third-order valence-corrected chi connectivity index (χ3v) is 7.81. The molecule has 0 spiro atoms. The summed E-state index contributed by atoms with van der Waals surface area (Å²) in [4.78, 5) is 17.1. The number of thiazole rings is 1. The fourth-order valence-electron chi connectivity index (χ4n) is 3.36. The standard InChI is InChI=1S/C20H20N4O4S2/c1-15-3-2-4-16(13-15)19-14-29-20(21-19)22-9-11-23(12-10-22)30(27,28)18-7-5-17(6-8-18)24(25)26/h2-8,13-14H,9-12H2,1H3. The predicted octanol–water partition coefficient (Wildman–Crippen LogP) is 3.54. The van der Waals surface area contributed by atoms with Gasteiger partial charge in [0.05, 0.1) is 15.5 Å². The first-order valence-electron chi connectivity index (χ1n) is 9.37. The lowest BCUT2D eigenvalue weighted by Crippen LogP contribution is -2.48. The van der Waals surface area contributed by atoms with Crippen LogP contribution in [0.3, 0.4) is 0 Å². The van der Waals surface area contributed by atoms with Gasteiger partial charge in [0.15, 0.2) is 5.13 Å². The summed E-state index contributed by atoms with van der Waals surface area (Å²) in [6.45, 7) is 3.78. The second kappa shape index (κ2) is 8.13. The second-order valence-electron chi connectivity index (χ2n) is 7.03. The zero-order valence-corrected chi connectivity index (χ0v) is 17.9. The molecule has 0 atom stereocenters. The minimum atomic E-state index is -3.69. The van der Waals surface area contributed by atoms with Gasteiger partial charge in [0, 0.05) is 49.3 Å². The number of nitro benzene ring substituents is 1. The highest BCUT2D eigenvalue weighted by Crippen LogP contribution is 2.29. The van der Waals surface area contributed by atoms with Crippen LogP contribution in [0.25, 0.3) is 11.3 Å². The molecule has 1 saturated heterocycles. The Labute approximate surface area is 178 Å². The predicted molar refractivity (Wildman–Crippen MR) is 116 cm³/mol. The summed E-state index contributed by atoms with van der Waals surface area (Å²) in [5.41, 5.74) is 3.02. The van der Waals surface area contributed by atoms with Crippen LogP contribution in [0, 0.1) is 17.0 Å². The lowest BCUT2D eigenvalue weighted by Gasteiger charge is -2.33. The van der Waals surface area contributed by atoms with Crippen LogP contribution < -0.4 is 4.90 Å². The first kappa shape index (κ1) is 20.5. The smallest absolute Gasteiger partial charge is 0.269 e. The molecule has 0 saturated carbocycles. The van der Waals surface area contributed by atoms with Gasteiger partial charge in [-0.15, -0.1) is 11.3 Å². The van der Waals surface area contributed by atoms with Crippen LogP contribution in [0.15, 0.2) is 58.8 Å². The molecule has 10 heteroatoms. The van der Waals surface area contributed by atoms with Crippen molar-refractivity contribution in [2.24, 2.45) is 0 Å². The van der Waals surface area contributed by atoms with Crippen LogP contribution in [-0.2, 0) is 10.0 Å². The van der Waals surface area contributed by atoms with Gasteiger partial charge in [-0.25, -0.2) is 13.4 Å². The summed E-state index contributed by atoms with van der Waals surface area (Å²) >= 11 is 1.55. The Kier molecular flexibility index (Phi) is 5.54. The molecule has 2 aromatic carbocycles. The van der Waals surface area contributed by atoms with Crippen molar-refractivity contribution < 1.29 is 13.3 Å². The lowest BCUT2D eigenvalue weighted by molar-refractivity contribution is -0.384. The Balaban J connectivity index is 1.44. The Hall–Kier alpha value is -2.82. The second-order valence-corrected chi connectivity index (χ2v) is 9.80. The molecule has 0 amide bonds. The quantitative estimate of drug-likeness (QED) is 0.441. The monoisotopic (exact) mass is 444 g/mol. The topological polar surface area (TPSA) is 96.7 Å². The third kappa shape index (κ3) is 4.07. The van der Waals surface area contributed by atoms with E-state index in [9.17, 15) is 18.5 Å². The van der Waals surface area contributed by atoms with Gasteiger partial charge in [0.2, 0.25) is 10.0 Å². The SMILES string of the molecule is Cc1cccc(-c2csc(N3CCN(S(=O)(=O)c4ccc([N+](=O)[O-])cc4)CC3)n2)c1. The molecular formula is C20H20N4O4S2. The maximum atomic E-state index is 12.9. The first-order valence-corrected chi connectivity index (χ1v) is 11.7. The highest BCUT2D eigenvalue weighted by atomic mass is 32.2. The van der Waals surface area contributed by atoms with Crippen molar-refractivity contribution in [2.45, 2.75) is 11.8 Å². The van der Waals surface area contributed by atoms with Crippen molar-refractivity contribution in [3.05, 3.63) is 69.6 Å². The number of sulfonamides is 1. The van der Waals surface area contributed by atoms with E-state index >= 15 is 0 Å². The largest absolute Gasteiger partial charge is 0.345 e. The van der Waals surface area contributed by atoms with Crippen molar-refractivity contribution in [3.8, 4) is 11.3 Å². The number of rotatable bonds is 5. The van der Waals surface area contributed by atoms with Gasteiger partial charge in [0.1, 0.15) is 0 Å². The summed E-state index contributed by atoms with van der Waals surface area (Å²) in [5.74, 6) is 0. The Bertz CT molecular complexity index is 1170. The number of nitrogens with zero attached hydrogens (tertiary/aromatic N) is 4. The van der Waals surface area contributed by atoms with Crippen molar-refractivity contribution in [1.82, 2.24) is 9.29 Å². The minimum Gasteiger partial charge on any atom is -0.345 e. The van der Waals surface area contributed by atoms with Gasteiger partial charge in [0.25, 0.3) is 5.69 Å². The molecule has 0 bridgehead atoms. The maximum Gasteiger partial charge on any atom is 0.269 e. The van der Waals surface area contributed by atoms with E-state index in [1.165, 1.54) is 34.1 Å². The Morgan fingerprint density at radius 2 is 1.77 bits per heavy atom. The van der Waals surface area contributed by atoms with Gasteiger partial charge in [-0.3, -0.25) is 10.1 Å². The third-order valence-electron chi connectivity index (χ3n) is 5.00. The van der Waals surface area contributed by atoms with Crippen molar-refractivity contribution in [2.75, 3.05) is 31.1 Å². The molecule has 1 aliphatic rings. The number of non-ortho nitro benzene ring substituents is 1. The first-order chi connectivity index (χ1) is 14.3. The number of piperazine rings is 1. The fourth-order valence-corrected chi connectivity index (χ4v) is 5.67. The maximum absolute atomic E-state index is 12.9. The highest BCUT2D eigenvalue weighted by Gasteiger charge is 2.29. The zero-order chi connectivity index (χ0) is 21.3. The molecule has 1 aromatic heterocycles. The van der Waals surface area contributed by atoms with E-state index in [2.05, 4.69) is 11.0 Å². The van der Waals surface area contributed by atoms with Crippen molar-refractivity contribution in [3.63, 3.8) is 0 Å². The van der Waals surface area contributed by atoms with E-state index in [1.54, 1.807) is 11.3 Å². The molecule has 2 heterocycles. The summed E-state index contributed by atoms with van der Waals surface area (Å²) in [7, 11) is -3.69. The molecule has 0 radical (unpaired) electrons. The molecule has 30 heavy (non-hydrogen) atoms. The van der Waals surface area contributed by atoms with E-state index in [1.807, 2.05) is 30.5 Å². The van der Waals surface area contributed by atoms with E-state index in [0.717, 1.165) is 16.4 Å². The molecule has 0 unspecified atom stereocenters. The van der Waals surface area contributed by atoms with Crippen molar-refractivity contribution in [1.29, 1.82) is 0 Å².